The van der Waals surface area contributed by atoms with Crippen LogP contribution in [0.2, 0.25) is 0 Å². The average Bonchev–Trinajstić information content (AvgIpc) is 2.57. The largest absolute Gasteiger partial charge is 0.508 e. The zero-order valence-corrected chi connectivity index (χ0v) is 13.0. The van der Waals surface area contributed by atoms with E-state index in [4.69, 9.17) is 0 Å². The summed E-state index contributed by atoms with van der Waals surface area (Å²) in [6, 6.07) is 12.5. The van der Waals surface area contributed by atoms with Crippen LogP contribution < -0.4 is 0 Å². The van der Waals surface area contributed by atoms with Gasteiger partial charge in [0.25, 0.3) is 5.91 Å². The molecule has 0 atom stereocenters. The average molecular weight is 324 g/mol. The van der Waals surface area contributed by atoms with Crippen LogP contribution in [0.25, 0.3) is 6.08 Å². The van der Waals surface area contributed by atoms with Gasteiger partial charge < -0.3 is 20.2 Å². The molecule has 122 valence electrons. The second kappa shape index (κ2) is 7.20. The van der Waals surface area contributed by atoms with Crippen LogP contribution in [0.5, 0.6) is 17.2 Å². The van der Waals surface area contributed by atoms with Crippen molar-refractivity contribution in [1.29, 1.82) is 5.26 Å². The predicted molar refractivity (Wildman–Crippen MR) is 87.9 cm³/mol. The number of para-hydroxylation sites is 1. The number of hydrogen-bond donors (Lipinski definition) is 3. The van der Waals surface area contributed by atoms with Crippen molar-refractivity contribution in [3.8, 4) is 23.3 Å². The molecule has 3 N–H and O–H groups in total. The van der Waals surface area contributed by atoms with E-state index in [2.05, 4.69) is 0 Å². The summed E-state index contributed by atoms with van der Waals surface area (Å²) in [4.78, 5) is 13.7. The minimum absolute atomic E-state index is 0.0723. The molecule has 0 saturated heterocycles. The lowest BCUT2D eigenvalue weighted by atomic mass is 10.1. The van der Waals surface area contributed by atoms with Crippen molar-refractivity contribution in [3.63, 3.8) is 0 Å². The fourth-order valence-corrected chi connectivity index (χ4v) is 2.12. The third-order valence-corrected chi connectivity index (χ3v) is 3.41. The van der Waals surface area contributed by atoms with Gasteiger partial charge >= 0.3 is 0 Å². The second-order valence-electron chi connectivity index (χ2n) is 5.21. The van der Waals surface area contributed by atoms with E-state index >= 15 is 0 Å². The summed E-state index contributed by atoms with van der Waals surface area (Å²) >= 11 is 0. The van der Waals surface area contributed by atoms with Gasteiger partial charge in [0.15, 0.2) is 11.5 Å². The van der Waals surface area contributed by atoms with Gasteiger partial charge in [0.1, 0.15) is 17.4 Å². The lowest BCUT2D eigenvalue weighted by Crippen LogP contribution is -2.27. The number of nitrogens with zero attached hydrogens (tertiary/aromatic N) is 2. The van der Waals surface area contributed by atoms with Gasteiger partial charge in [0, 0.05) is 19.2 Å². The van der Waals surface area contributed by atoms with Crippen LogP contribution in [-0.2, 0) is 11.3 Å². The van der Waals surface area contributed by atoms with E-state index in [1.165, 1.54) is 42.3 Å². The molecule has 1 amide bonds. The number of carbonyl (C=O) groups is 1. The summed E-state index contributed by atoms with van der Waals surface area (Å²) in [5.41, 5.74) is 0.845. The zero-order chi connectivity index (χ0) is 17.7. The van der Waals surface area contributed by atoms with Crippen molar-refractivity contribution in [2.45, 2.75) is 6.54 Å². The number of likely N-dealkylation sites (N-methyl/N-ethyl adjacent to an activating group) is 1. The molecule has 0 radical (unpaired) electrons. The summed E-state index contributed by atoms with van der Waals surface area (Å²) in [7, 11) is 1.52. The van der Waals surface area contributed by atoms with E-state index in [9.17, 15) is 25.4 Å². The maximum atomic E-state index is 12.4. The molecule has 0 heterocycles. The van der Waals surface area contributed by atoms with Crippen LogP contribution in [0, 0.1) is 11.3 Å². The Kier molecular flexibility index (Phi) is 5.07. The smallest absolute Gasteiger partial charge is 0.264 e. The molecule has 2 aromatic carbocycles. The first-order valence-corrected chi connectivity index (χ1v) is 7.08. The third-order valence-electron chi connectivity index (χ3n) is 3.41. The molecule has 6 heteroatoms. The van der Waals surface area contributed by atoms with Gasteiger partial charge in [-0.1, -0.05) is 24.3 Å². The molecule has 0 aliphatic rings. The Balaban J connectivity index is 2.21. The van der Waals surface area contributed by atoms with Crippen molar-refractivity contribution in [2.24, 2.45) is 0 Å². The van der Waals surface area contributed by atoms with Gasteiger partial charge in [-0.2, -0.15) is 5.26 Å². The molecule has 0 aliphatic heterocycles. The van der Waals surface area contributed by atoms with Gasteiger partial charge in [-0.25, -0.2) is 0 Å². The first kappa shape index (κ1) is 16.9. The molecule has 6 nitrogen and oxygen atoms in total. The van der Waals surface area contributed by atoms with Gasteiger partial charge in [-0.3, -0.25) is 4.79 Å². The molecular formula is C18H16N2O4. The molecule has 24 heavy (non-hydrogen) atoms. The topological polar surface area (TPSA) is 105 Å². The molecule has 2 rings (SSSR count). The molecule has 0 saturated carbocycles. The highest BCUT2D eigenvalue weighted by Gasteiger charge is 2.16. The van der Waals surface area contributed by atoms with Crippen molar-refractivity contribution >= 4 is 12.0 Å². The van der Waals surface area contributed by atoms with E-state index in [1.54, 1.807) is 18.2 Å². The zero-order valence-electron chi connectivity index (χ0n) is 13.0. The fourth-order valence-electron chi connectivity index (χ4n) is 2.12. The maximum Gasteiger partial charge on any atom is 0.264 e. The Morgan fingerprint density at radius 2 is 1.83 bits per heavy atom. The van der Waals surface area contributed by atoms with Crippen molar-refractivity contribution in [2.75, 3.05) is 7.05 Å². The first-order valence-electron chi connectivity index (χ1n) is 7.08. The molecule has 0 unspecified atom stereocenters. The number of aromatic hydroxyl groups is 3. The summed E-state index contributed by atoms with van der Waals surface area (Å²) in [6.45, 7) is 0.144. The molecule has 0 aliphatic carbocycles. The summed E-state index contributed by atoms with van der Waals surface area (Å²) in [5.74, 6) is -1.07. The predicted octanol–water partition coefficient (Wildman–Crippen LogP) is 2.37. The van der Waals surface area contributed by atoms with E-state index in [0.29, 0.717) is 11.1 Å². The number of amides is 1. The lowest BCUT2D eigenvalue weighted by molar-refractivity contribution is -0.125. The number of rotatable bonds is 4. The van der Waals surface area contributed by atoms with Crippen molar-refractivity contribution in [1.82, 2.24) is 4.90 Å². The third kappa shape index (κ3) is 3.84. The monoisotopic (exact) mass is 324 g/mol. The van der Waals surface area contributed by atoms with Gasteiger partial charge in [-0.05, 0) is 29.8 Å². The number of phenolic OH excluding ortho intramolecular Hbond substituents is 3. The molecule has 0 aromatic heterocycles. The Bertz CT molecular complexity index is 837. The molecular weight excluding hydrogens is 308 g/mol. The van der Waals surface area contributed by atoms with Crippen LogP contribution in [0.4, 0.5) is 0 Å². The maximum absolute atomic E-state index is 12.4. The Hall–Kier alpha value is -3.46. The minimum Gasteiger partial charge on any atom is -0.508 e. The highest BCUT2D eigenvalue weighted by molar-refractivity contribution is 6.01. The lowest BCUT2D eigenvalue weighted by Gasteiger charge is -2.17. The standard InChI is InChI=1S/C18H16N2O4/c1-20(11-13-4-2-3-5-15(13)21)18(24)14(10-19)8-12-6-7-16(22)17(23)9-12/h2-9,21-23H,11H2,1H3/b14-8+. The van der Waals surface area contributed by atoms with E-state index in [1.807, 2.05) is 6.07 Å². The SMILES string of the molecule is CN(Cc1ccccc1O)C(=O)/C(C#N)=C/c1ccc(O)c(O)c1. The highest BCUT2D eigenvalue weighted by Crippen LogP contribution is 2.26. The number of phenols is 3. The number of nitriles is 1. The van der Waals surface area contributed by atoms with E-state index in [-0.39, 0.29) is 29.4 Å². The Labute approximate surface area is 139 Å². The number of carbonyl (C=O) groups excluding carboxylic acids is 1. The first-order chi connectivity index (χ1) is 11.4. The molecule has 0 spiro atoms. The van der Waals surface area contributed by atoms with Crippen molar-refractivity contribution < 1.29 is 20.1 Å². The van der Waals surface area contributed by atoms with Gasteiger partial charge in [0.05, 0.1) is 0 Å². The quantitative estimate of drug-likeness (QED) is 0.455. The fraction of sp³-hybridized carbons (Fsp3) is 0.111. The normalized spacial score (nSPS) is 10.9. The molecule has 0 fully saturated rings. The summed E-state index contributed by atoms with van der Waals surface area (Å²) < 4.78 is 0. The van der Waals surface area contributed by atoms with Crippen LogP contribution in [0.1, 0.15) is 11.1 Å². The van der Waals surface area contributed by atoms with Gasteiger partial charge in [-0.15, -0.1) is 0 Å². The molecule has 0 bridgehead atoms. The van der Waals surface area contributed by atoms with E-state index in [0.717, 1.165) is 0 Å². The van der Waals surface area contributed by atoms with Crippen LogP contribution >= 0.6 is 0 Å². The van der Waals surface area contributed by atoms with Crippen LogP contribution in [0.3, 0.4) is 0 Å². The van der Waals surface area contributed by atoms with Gasteiger partial charge in [0.2, 0.25) is 0 Å². The minimum atomic E-state index is -0.520. The Morgan fingerprint density at radius 3 is 2.46 bits per heavy atom. The molecule has 2 aromatic rings. The van der Waals surface area contributed by atoms with Crippen molar-refractivity contribution in [3.05, 3.63) is 59.2 Å². The second-order valence-corrected chi connectivity index (χ2v) is 5.21. The van der Waals surface area contributed by atoms with Crippen LogP contribution in [-0.4, -0.2) is 33.2 Å². The number of hydrogen-bond acceptors (Lipinski definition) is 5. The summed E-state index contributed by atoms with van der Waals surface area (Å²) in [6.07, 6.45) is 1.32. The van der Waals surface area contributed by atoms with E-state index < -0.39 is 5.91 Å². The highest BCUT2D eigenvalue weighted by atomic mass is 16.3. The van der Waals surface area contributed by atoms with Crippen LogP contribution in [0.15, 0.2) is 48.0 Å². The number of benzene rings is 2. The Morgan fingerprint density at radius 1 is 1.12 bits per heavy atom. The summed E-state index contributed by atoms with van der Waals surface area (Å²) in [5, 5.41) is 37.7.